The predicted octanol–water partition coefficient (Wildman–Crippen LogP) is 2.19. The standard InChI is InChI=1S/C19H26N6O/c1-14-5-4-8-21-18(14)23-19-17(20-9-10-22-19)15-6-11-25(12-7-15)13-16(26)24(2)3/h4-5,8-10,15H,6-7,11-13H2,1-3H3,(H,21,22,23). The van der Waals surface area contributed by atoms with Crippen LogP contribution in [0.2, 0.25) is 0 Å². The van der Waals surface area contributed by atoms with E-state index in [0.29, 0.717) is 12.5 Å². The van der Waals surface area contributed by atoms with E-state index in [4.69, 9.17) is 0 Å². The van der Waals surface area contributed by atoms with Gasteiger partial charge in [0.2, 0.25) is 5.91 Å². The van der Waals surface area contributed by atoms with Gasteiger partial charge in [-0.2, -0.15) is 0 Å². The molecule has 0 unspecified atom stereocenters. The molecule has 2 aromatic rings. The smallest absolute Gasteiger partial charge is 0.236 e. The van der Waals surface area contributed by atoms with Gasteiger partial charge in [0.1, 0.15) is 5.82 Å². The molecule has 7 heteroatoms. The summed E-state index contributed by atoms with van der Waals surface area (Å²) in [5.74, 6) is 2.07. The highest BCUT2D eigenvalue weighted by Crippen LogP contribution is 2.31. The SMILES string of the molecule is Cc1cccnc1Nc1nccnc1C1CCN(CC(=O)N(C)C)CC1. The number of carbonyl (C=O) groups is 1. The molecule has 0 atom stereocenters. The number of piperidine rings is 1. The number of nitrogens with one attached hydrogen (secondary N) is 1. The number of aryl methyl sites for hydroxylation is 1. The Labute approximate surface area is 154 Å². The van der Waals surface area contributed by atoms with Crippen molar-refractivity contribution in [3.63, 3.8) is 0 Å². The summed E-state index contributed by atoms with van der Waals surface area (Å²) in [6.45, 7) is 4.29. The van der Waals surface area contributed by atoms with Crippen molar-refractivity contribution >= 4 is 17.5 Å². The number of anilines is 2. The van der Waals surface area contributed by atoms with E-state index in [0.717, 1.165) is 48.8 Å². The second-order valence-electron chi connectivity index (χ2n) is 6.92. The Kier molecular flexibility index (Phi) is 5.78. The van der Waals surface area contributed by atoms with Crippen LogP contribution in [0, 0.1) is 6.92 Å². The molecular formula is C19H26N6O. The molecule has 0 saturated carbocycles. The number of hydrogen-bond acceptors (Lipinski definition) is 6. The highest BCUT2D eigenvalue weighted by Gasteiger charge is 2.25. The third-order valence-electron chi connectivity index (χ3n) is 4.80. The minimum absolute atomic E-state index is 0.149. The average molecular weight is 354 g/mol. The fraction of sp³-hybridized carbons (Fsp3) is 0.474. The minimum Gasteiger partial charge on any atom is -0.348 e. The second kappa shape index (κ2) is 8.23. The molecule has 1 amide bonds. The second-order valence-corrected chi connectivity index (χ2v) is 6.92. The third-order valence-corrected chi connectivity index (χ3v) is 4.80. The van der Waals surface area contributed by atoms with Crippen LogP contribution in [0.4, 0.5) is 11.6 Å². The molecule has 0 bridgehead atoms. The van der Waals surface area contributed by atoms with Gasteiger partial charge < -0.3 is 10.2 Å². The minimum atomic E-state index is 0.149. The summed E-state index contributed by atoms with van der Waals surface area (Å²) in [5, 5.41) is 3.34. The summed E-state index contributed by atoms with van der Waals surface area (Å²) in [6, 6.07) is 3.94. The number of likely N-dealkylation sites (N-methyl/N-ethyl adjacent to an activating group) is 1. The molecule has 1 N–H and O–H groups in total. The van der Waals surface area contributed by atoms with E-state index in [9.17, 15) is 4.79 Å². The van der Waals surface area contributed by atoms with Gasteiger partial charge in [-0.25, -0.2) is 9.97 Å². The quantitative estimate of drug-likeness (QED) is 0.887. The molecule has 1 saturated heterocycles. The monoisotopic (exact) mass is 354 g/mol. The van der Waals surface area contributed by atoms with Crippen LogP contribution in [0.5, 0.6) is 0 Å². The lowest BCUT2D eigenvalue weighted by molar-refractivity contribution is -0.130. The van der Waals surface area contributed by atoms with Crippen molar-refractivity contribution in [2.75, 3.05) is 39.0 Å². The van der Waals surface area contributed by atoms with Gasteiger partial charge in [-0.15, -0.1) is 0 Å². The van der Waals surface area contributed by atoms with Crippen LogP contribution in [0.1, 0.15) is 30.0 Å². The number of carbonyl (C=O) groups excluding carboxylic acids is 1. The third kappa shape index (κ3) is 4.35. The van der Waals surface area contributed by atoms with E-state index in [1.165, 1.54) is 0 Å². The molecule has 7 nitrogen and oxygen atoms in total. The van der Waals surface area contributed by atoms with Crippen LogP contribution >= 0.6 is 0 Å². The Morgan fingerprint density at radius 1 is 1.15 bits per heavy atom. The largest absolute Gasteiger partial charge is 0.348 e. The van der Waals surface area contributed by atoms with Crippen molar-refractivity contribution in [1.82, 2.24) is 24.8 Å². The highest BCUT2D eigenvalue weighted by molar-refractivity contribution is 5.77. The Morgan fingerprint density at radius 2 is 1.85 bits per heavy atom. The Morgan fingerprint density at radius 3 is 2.54 bits per heavy atom. The van der Waals surface area contributed by atoms with Gasteiger partial charge in [-0.05, 0) is 44.5 Å². The van der Waals surface area contributed by atoms with Crippen LogP contribution in [0.25, 0.3) is 0 Å². The summed E-state index contributed by atoms with van der Waals surface area (Å²) in [5.41, 5.74) is 2.05. The van der Waals surface area contributed by atoms with Crippen LogP contribution in [0.3, 0.4) is 0 Å². The summed E-state index contributed by atoms with van der Waals surface area (Å²) in [4.78, 5) is 29.2. The van der Waals surface area contributed by atoms with E-state index >= 15 is 0 Å². The lowest BCUT2D eigenvalue weighted by Gasteiger charge is -2.32. The molecule has 2 aromatic heterocycles. The molecule has 3 rings (SSSR count). The van der Waals surface area contributed by atoms with Gasteiger partial charge in [0.15, 0.2) is 5.82 Å². The summed E-state index contributed by atoms with van der Waals surface area (Å²) in [6.07, 6.45) is 7.15. The molecular weight excluding hydrogens is 328 g/mol. The van der Waals surface area contributed by atoms with Gasteiger partial charge in [-0.3, -0.25) is 14.7 Å². The zero-order valence-corrected chi connectivity index (χ0v) is 15.6. The number of rotatable bonds is 5. The van der Waals surface area contributed by atoms with Gasteiger partial charge in [0.25, 0.3) is 0 Å². The van der Waals surface area contributed by atoms with Crippen LogP contribution in [-0.2, 0) is 4.79 Å². The van der Waals surface area contributed by atoms with Crippen molar-refractivity contribution in [1.29, 1.82) is 0 Å². The molecule has 138 valence electrons. The lowest BCUT2D eigenvalue weighted by Crippen LogP contribution is -2.40. The summed E-state index contributed by atoms with van der Waals surface area (Å²) < 4.78 is 0. The average Bonchev–Trinajstić information content (AvgIpc) is 2.65. The normalized spacial score (nSPS) is 15.7. The van der Waals surface area contributed by atoms with E-state index in [1.54, 1.807) is 37.6 Å². The predicted molar refractivity (Wildman–Crippen MR) is 101 cm³/mol. The van der Waals surface area contributed by atoms with E-state index < -0.39 is 0 Å². The van der Waals surface area contributed by atoms with Crippen molar-refractivity contribution in [3.05, 3.63) is 42.0 Å². The first kappa shape index (κ1) is 18.3. The zero-order chi connectivity index (χ0) is 18.5. The van der Waals surface area contributed by atoms with Crippen molar-refractivity contribution in [3.8, 4) is 0 Å². The molecule has 1 fully saturated rings. The fourth-order valence-corrected chi connectivity index (χ4v) is 3.17. The van der Waals surface area contributed by atoms with Crippen molar-refractivity contribution in [2.45, 2.75) is 25.7 Å². The number of aromatic nitrogens is 3. The molecule has 26 heavy (non-hydrogen) atoms. The number of hydrogen-bond donors (Lipinski definition) is 1. The van der Waals surface area contributed by atoms with Crippen molar-refractivity contribution < 1.29 is 4.79 Å². The molecule has 3 heterocycles. The Bertz CT molecular complexity index is 755. The number of pyridine rings is 1. The first-order chi connectivity index (χ1) is 12.5. The van der Waals surface area contributed by atoms with E-state index in [1.807, 2.05) is 19.1 Å². The molecule has 0 aliphatic carbocycles. The summed E-state index contributed by atoms with van der Waals surface area (Å²) in [7, 11) is 3.60. The molecule has 0 radical (unpaired) electrons. The van der Waals surface area contributed by atoms with Crippen LogP contribution in [0.15, 0.2) is 30.7 Å². The first-order valence-corrected chi connectivity index (χ1v) is 8.96. The molecule has 0 spiro atoms. The molecule has 1 aliphatic rings. The van der Waals surface area contributed by atoms with Crippen LogP contribution < -0.4 is 5.32 Å². The van der Waals surface area contributed by atoms with Gasteiger partial charge >= 0.3 is 0 Å². The zero-order valence-electron chi connectivity index (χ0n) is 15.6. The Balaban J connectivity index is 1.68. The topological polar surface area (TPSA) is 74.2 Å². The molecule has 1 aliphatic heterocycles. The maximum atomic E-state index is 11.9. The van der Waals surface area contributed by atoms with Gasteiger partial charge in [0.05, 0.1) is 12.2 Å². The number of amides is 1. The number of nitrogens with zero attached hydrogens (tertiary/aromatic N) is 5. The van der Waals surface area contributed by atoms with E-state index in [2.05, 4.69) is 25.2 Å². The number of likely N-dealkylation sites (tertiary alicyclic amines) is 1. The lowest BCUT2D eigenvalue weighted by atomic mass is 9.93. The maximum Gasteiger partial charge on any atom is 0.236 e. The highest BCUT2D eigenvalue weighted by atomic mass is 16.2. The maximum absolute atomic E-state index is 11.9. The van der Waals surface area contributed by atoms with Crippen LogP contribution in [-0.4, -0.2) is 64.4 Å². The van der Waals surface area contributed by atoms with E-state index in [-0.39, 0.29) is 5.91 Å². The fourth-order valence-electron chi connectivity index (χ4n) is 3.17. The Hall–Kier alpha value is -2.54. The summed E-state index contributed by atoms with van der Waals surface area (Å²) >= 11 is 0. The van der Waals surface area contributed by atoms with Gasteiger partial charge in [-0.1, -0.05) is 6.07 Å². The first-order valence-electron chi connectivity index (χ1n) is 8.96. The molecule has 0 aromatic carbocycles. The van der Waals surface area contributed by atoms with Gasteiger partial charge in [0, 0.05) is 38.6 Å². The van der Waals surface area contributed by atoms with Crippen molar-refractivity contribution in [2.24, 2.45) is 0 Å².